The fourth-order valence-electron chi connectivity index (χ4n) is 2.10. The first-order valence-electron chi connectivity index (χ1n) is 5.42. The van der Waals surface area contributed by atoms with Crippen molar-refractivity contribution >= 4 is 0 Å². The molecule has 15 heavy (non-hydrogen) atoms. The zero-order valence-electron chi connectivity index (χ0n) is 9.59. The summed E-state index contributed by atoms with van der Waals surface area (Å²) in [4.78, 5) is 11.4. The van der Waals surface area contributed by atoms with Crippen molar-refractivity contribution in [3.8, 4) is 0 Å². The Balaban J connectivity index is 2.48. The molecule has 0 aliphatic heterocycles. The lowest BCUT2D eigenvalue weighted by Crippen LogP contribution is -2.12. The first kappa shape index (κ1) is 10.3. The maximum Gasteiger partial charge on any atom is 0.419 e. The maximum atomic E-state index is 11.4. The van der Waals surface area contributed by atoms with E-state index in [1.807, 2.05) is 0 Å². The predicted octanol–water partition coefficient (Wildman–Crippen LogP) is 2.19. The molecule has 1 heterocycles. The lowest BCUT2D eigenvalue weighted by atomic mass is 9.96. The van der Waals surface area contributed by atoms with E-state index in [0.717, 1.165) is 37.1 Å². The van der Waals surface area contributed by atoms with Crippen LogP contribution >= 0.6 is 0 Å². The number of hydrogen-bond donors (Lipinski definition) is 0. The Kier molecular flexibility index (Phi) is 2.55. The number of hydrogen-bond acceptors (Lipinski definition) is 2. The molecular weight excluding hydrogens is 190 g/mol. The van der Waals surface area contributed by atoms with Crippen molar-refractivity contribution < 1.29 is 4.42 Å². The zero-order valence-corrected chi connectivity index (χ0v) is 9.59. The summed E-state index contributed by atoms with van der Waals surface area (Å²) in [7, 11) is 1.79. The number of allylic oxidation sites excluding steroid dienone is 2. The maximum absolute atomic E-state index is 11.4. The lowest BCUT2D eigenvalue weighted by molar-refractivity contribution is 0.461. The van der Waals surface area contributed by atoms with Crippen LogP contribution in [-0.2, 0) is 19.9 Å². The van der Waals surface area contributed by atoms with Crippen LogP contribution in [0.1, 0.15) is 38.1 Å². The highest BCUT2D eigenvalue weighted by atomic mass is 16.4. The first-order chi connectivity index (χ1) is 7.09. The largest absolute Gasteiger partial charge is 0.419 e. The minimum absolute atomic E-state index is 0.229. The van der Waals surface area contributed by atoms with E-state index in [4.69, 9.17) is 4.42 Å². The van der Waals surface area contributed by atoms with Crippen molar-refractivity contribution in [1.29, 1.82) is 0 Å². The highest BCUT2D eigenvalue weighted by molar-refractivity contribution is 5.22. The van der Waals surface area contributed by atoms with Crippen LogP contribution in [0.2, 0.25) is 0 Å². The SMILES string of the molecule is C/C1=C(/C)Cc2oc(=O)n(C)c2CCC1. The second kappa shape index (κ2) is 3.72. The zero-order chi connectivity index (χ0) is 11.0. The van der Waals surface area contributed by atoms with Gasteiger partial charge in [0.25, 0.3) is 0 Å². The van der Waals surface area contributed by atoms with E-state index in [1.165, 1.54) is 11.1 Å². The van der Waals surface area contributed by atoms with Crippen LogP contribution in [0.3, 0.4) is 0 Å². The molecule has 1 aromatic rings. The summed E-state index contributed by atoms with van der Waals surface area (Å²) in [6.07, 6.45) is 3.97. The van der Waals surface area contributed by atoms with E-state index >= 15 is 0 Å². The van der Waals surface area contributed by atoms with Crippen LogP contribution in [0.5, 0.6) is 0 Å². The molecule has 1 aliphatic carbocycles. The van der Waals surface area contributed by atoms with Crippen LogP contribution in [0.25, 0.3) is 0 Å². The van der Waals surface area contributed by atoms with Gasteiger partial charge in [0.1, 0.15) is 5.76 Å². The third-order valence-electron chi connectivity index (χ3n) is 3.33. The van der Waals surface area contributed by atoms with Crippen molar-refractivity contribution in [3.63, 3.8) is 0 Å². The summed E-state index contributed by atoms with van der Waals surface area (Å²) in [5.41, 5.74) is 3.85. The smallest absolute Gasteiger partial charge is 0.412 e. The molecule has 3 nitrogen and oxygen atoms in total. The summed E-state index contributed by atoms with van der Waals surface area (Å²) in [6, 6.07) is 0. The van der Waals surface area contributed by atoms with Gasteiger partial charge in [0, 0.05) is 13.5 Å². The number of rotatable bonds is 0. The number of oxazole rings is 1. The van der Waals surface area contributed by atoms with Gasteiger partial charge in [-0.1, -0.05) is 11.1 Å². The number of fused-ring (bicyclic) bond motifs is 1. The van der Waals surface area contributed by atoms with Gasteiger partial charge in [0.05, 0.1) is 5.69 Å². The Labute approximate surface area is 89.4 Å². The van der Waals surface area contributed by atoms with Gasteiger partial charge in [-0.2, -0.15) is 0 Å². The highest BCUT2D eigenvalue weighted by Crippen LogP contribution is 2.22. The van der Waals surface area contributed by atoms with E-state index in [2.05, 4.69) is 13.8 Å². The molecule has 0 aromatic carbocycles. The monoisotopic (exact) mass is 207 g/mol. The van der Waals surface area contributed by atoms with Crippen molar-refractivity contribution in [2.75, 3.05) is 0 Å². The van der Waals surface area contributed by atoms with Crippen molar-refractivity contribution in [2.45, 2.75) is 39.5 Å². The third-order valence-corrected chi connectivity index (χ3v) is 3.33. The van der Waals surface area contributed by atoms with E-state index in [1.54, 1.807) is 11.6 Å². The van der Waals surface area contributed by atoms with Gasteiger partial charge in [-0.15, -0.1) is 0 Å². The lowest BCUT2D eigenvalue weighted by Gasteiger charge is -2.12. The van der Waals surface area contributed by atoms with E-state index in [9.17, 15) is 4.79 Å². The van der Waals surface area contributed by atoms with Crippen LogP contribution in [0.15, 0.2) is 20.4 Å². The van der Waals surface area contributed by atoms with Gasteiger partial charge in [0.15, 0.2) is 0 Å². The molecule has 3 heteroatoms. The summed E-state index contributed by atoms with van der Waals surface area (Å²) in [6.45, 7) is 4.29. The van der Waals surface area contributed by atoms with Crippen LogP contribution in [0, 0.1) is 0 Å². The van der Waals surface area contributed by atoms with Gasteiger partial charge in [0.2, 0.25) is 0 Å². The molecule has 0 spiro atoms. The molecule has 1 aliphatic rings. The summed E-state index contributed by atoms with van der Waals surface area (Å²) in [5.74, 6) is 0.631. The molecule has 0 bridgehead atoms. The topological polar surface area (TPSA) is 35.1 Å². The van der Waals surface area contributed by atoms with Crippen molar-refractivity contribution in [1.82, 2.24) is 4.57 Å². The Hall–Kier alpha value is -1.25. The van der Waals surface area contributed by atoms with Gasteiger partial charge >= 0.3 is 5.76 Å². The quantitative estimate of drug-likeness (QED) is 0.611. The third kappa shape index (κ3) is 1.78. The standard InChI is InChI=1S/C12H17NO2/c1-8-5-4-6-10-11(7-9(8)2)15-12(14)13(10)3/h4-7H2,1-3H3/b9-8+. The van der Waals surface area contributed by atoms with E-state index < -0.39 is 0 Å². The van der Waals surface area contributed by atoms with Gasteiger partial charge in [-0.05, 0) is 33.1 Å². The molecule has 1 aromatic heterocycles. The average Bonchev–Trinajstić information content (AvgIpc) is 2.43. The minimum atomic E-state index is -0.229. The summed E-state index contributed by atoms with van der Waals surface area (Å²) >= 11 is 0. The molecule has 82 valence electrons. The van der Waals surface area contributed by atoms with Gasteiger partial charge in [-0.25, -0.2) is 4.79 Å². The first-order valence-corrected chi connectivity index (χ1v) is 5.42. The fraction of sp³-hybridized carbons (Fsp3) is 0.583. The van der Waals surface area contributed by atoms with Crippen LogP contribution < -0.4 is 5.76 Å². The Morgan fingerprint density at radius 1 is 1.20 bits per heavy atom. The van der Waals surface area contributed by atoms with E-state index in [0.29, 0.717) is 0 Å². The number of nitrogens with zero attached hydrogens (tertiary/aromatic N) is 1. The average molecular weight is 207 g/mol. The molecule has 0 amide bonds. The second-order valence-electron chi connectivity index (χ2n) is 4.39. The molecule has 0 saturated heterocycles. The predicted molar refractivity (Wildman–Crippen MR) is 59.0 cm³/mol. The Bertz CT molecular complexity index is 462. The molecule has 0 fully saturated rings. The van der Waals surface area contributed by atoms with Gasteiger partial charge in [-0.3, -0.25) is 4.57 Å². The molecule has 0 radical (unpaired) electrons. The van der Waals surface area contributed by atoms with Crippen LogP contribution in [0.4, 0.5) is 0 Å². The summed E-state index contributed by atoms with van der Waals surface area (Å²) < 4.78 is 6.91. The Morgan fingerprint density at radius 2 is 1.93 bits per heavy atom. The molecule has 0 atom stereocenters. The normalized spacial score (nSPS) is 22.1. The molecule has 0 unspecified atom stereocenters. The highest BCUT2D eigenvalue weighted by Gasteiger charge is 2.17. The summed E-state index contributed by atoms with van der Waals surface area (Å²) in [5, 5.41) is 0. The fourth-order valence-corrected chi connectivity index (χ4v) is 2.10. The second-order valence-corrected chi connectivity index (χ2v) is 4.39. The molecule has 0 saturated carbocycles. The molecular formula is C12H17NO2. The van der Waals surface area contributed by atoms with Crippen LogP contribution in [-0.4, -0.2) is 4.57 Å². The van der Waals surface area contributed by atoms with E-state index in [-0.39, 0.29) is 5.76 Å². The van der Waals surface area contributed by atoms with Crippen molar-refractivity contribution in [2.24, 2.45) is 7.05 Å². The molecule has 2 rings (SSSR count). The minimum Gasteiger partial charge on any atom is -0.412 e. The number of aromatic nitrogens is 1. The Morgan fingerprint density at radius 3 is 2.67 bits per heavy atom. The molecule has 0 N–H and O–H groups in total. The van der Waals surface area contributed by atoms with Gasteiger partial charge < -0.3 is 4.42 Å². The van der Waals surface area contributed by atoms with Crippen molar-refractivity contribution in [3.05, 3.63) is 33.2 Å².